The van der Waals surface area contributed by atoms with Crippen molar-refractivity contribution in [1.29, 1.82) is 0 Å². The van der Waals surface area contributed by atoms with E-state index < -0.39 is 0 Å². The molecular formula is C12H20N2O2S. The van der Waals surface area contributed by atoms with Gasteiger partial charge in [-0.25, -0.2) is 4.79 Å². The average molecular weight is 256 g/mol. The van der Waals surface area contributed by atoms with Crippen molar-refractivity contribution < 1.29 is 9.90 Å². The third-order valence-electron chi connectivity index (χ3n) is 2.88. The van der Waals surface area contributed by atoms with Crippen LogP contribution in [0.4, 0.5) is 4.79 Å². The van der Waals surface area contributed by atoms with Crippen LogP contribution in [-0.4, -0.2) is 23.8 Å². The molecule has 5 heteroatoms. The number of aliphatic hydroxyl groups is 1. The van der Waals surface area contributed by atoms with E-state index in [9.17, 15) is 4.79 Å². The van der Waals surface area contributed by atoms with Crippen molar-refractivity contribution in [3.05, 3.63) is 21.9 Å². The summed E-state index contributed by atoms with van der Waals surface area (Å²) in [4.78, 5) is 12.8. The first-order chi connectivity index (χ1) is 8.04. The summed E-state index contributed by atoms with van der Waals surface area (Å²) in [6.07, 6.45) is 0. The Balaban J connectivity index is 2.33. The van der Waals surface area contributed by atoms with E-state index in [4.69, 9.17) is 5.11 Å². The molecule has 0 aliphatic heterocycles. The predicted molar refractivity (Wildman–Crippen MR) is 70.1 cm³/mol. The Morgan fingerprint density at radius 3 is 2.76 bits per heavy atom. The highest BCUT2D eigenvalue weighted by Gasteiger charge is 2.13. The molecule has 1 rings (SSSR count). The number of urea groups is 1. The van der Waals surface area contributed by atoms with Gasteiger partial charge in [0.15, 0.2) is 0 Å². The maximum atomic E-state index is 11.6. The van der Waals surface area contributed by atoms with Gasteiger partial charge in [0.25, 0.3) is 0 Å². The van der Waals surface area contributed by atoms with Crippen molar-refractivity contribution >= 4 is 17.4 Å². The highest BCUT2D eigenvalue weighted by molar-refractivity contribution is 7.10. The number of amides is 2. The van der Waals surface area contributed by atoms with Crippen molar-refractivity contribution in [2.75, 3.05) is 6.61 Å². The molecule has 0 bridgehead atoms. The fourth-order valence-corrected chi connectivity index (χ4v) is 2.15. The normalized spacial score (nSPS) is 14.1. The molecule has 1 heterocycles. The summed E-state index contributed by atoms with van der Waals surface area (Å²) in [6.45, 7) is 6.44. The second-order valence-electron chi connectivity index (χ2n) is 4.30. The summed E-state index contributed by atoms with van der Waals surface area (Å²) in [7, 11) is 0. The molecule has 0 saturated carbocycles. The Bertz CT molecular complexity index is 365. The number of hydrogen-bond donors (Lipinski definition) is 3. The summed E-state index contributed by atoms with van der Waals surface area (Å²) in [5, 5.41) is 16.6. The van der Waals surface area contributed by atoms with Gasteiger partial charge < -0.3 is 15.7 Å². The molecule has 17 heavy (non-hydrogen) atoms. The van der Waals surface area contributed by atoms with Crippen LogP contribution in [0.2, 0.25) is 0 Å². The molecule has 3 N–H and O–H groups in total. The fourth-order valence-electron chi connectivity index (χ4n) is 1.30. The second-order valence-corrected chi connectivity index (χ2v) is 5.30. The topological polar surface area (TPSA) is 61.4 Å². The van der Waals surface area contributed by atoms with Gasteiger partial charge in [0.1, 0.15) is 0 Å². The van der Waals surface area contributed by atoms with Gasteiger partial charge in [0, 0.05) is 17.5 Å². The Morgan fingerprint density at radius 2 is 2.24 bits per heavy atom. The zero-order valence-corrected chi connectivity index (χ0v) is 11.3. The minimum atomic E-state index is -0.189. The van der Waals surface area contributed by atoms with Crippen molar-refractivity contribution in [2.24, 2.45) is 5.92 Å². The first kappa shape index (κ1) is 14.0. The number of nitrogens with one attached hydrogen (secondary N) is 2. The molecule has 1 aromatic rings. The molecule has 2 amide bonds. The predicted octanol–water partition coefficient (Wildman–Crippen LogP) is 1.87. The highest BCUT2D eigenvalue weighted by atomic mass is 32.1. The largest absolute Gasteiger partial charge is 0.396 e. The molecule has 4 nitrogen and oxygen atoms in total. The van der Waals surface area contributed by atoms with Gasteiger partial charge in [-0.2, -0.15) is 0 Å². The van der Waals surface area contributed by atoms with E-state index in [1.165, 1.54) is 10.4 Å². The van der Waals surface area contributed by atoms with Crippen LogP contribution in [0, 0.1) is 12.8 Å². The molecule has 96 valence electrons. The Kier molecular flexibility index (Phi) is 5.44. The van der Waals surface area contributed by atoms with Gasteiger partial charge >= 0.3 is 6.03 Å². The van der Waals surface area contributed by atoms with Crippen LogP contribution < -0.4 is 10.6 Å². The summed E-state index contributed by atoms with van der Waals surface area (Å²) in [5.74, 6) is 0.0595. The molecule has 0 radical (unpaired) electrons. The van der Waals surface area contributed by atoms with E-state index >= 15 is 0 Å². The van der Waals surface area contributed by atoms with Crippen LogP contribution in [0.25, 0.3) is 0 Å². The summed E-state index contributed by atoms with van der Waals surface area (Å²) in [6, 6.07) is 1.81. The summed E-state index contributed by atoms with van der Waals surface area (Å²) < 4.78 is 0. The third kappa shape index (κ3) is 4.36. The molecule has 0 aliphatic carbocycles. The van der Waals surface area contributed by atoms with E-state index in [-0.39, 0.29) is 24.6 Å². The molecule has 0 saturated heterocycles. The van der Waals surface area contributed by atoms with Crippen molar-refractivity contribution in [3.8, 4) is 0 Å². The van der Waals surface area contributed by atoms with Crippen molar-refractivity contribution in [3.63, 3.8) is 0 Å². The number of thiophene rings is 1. The van der Waals surface area contributed by atoms with Gasteiger partial charge in [0.05, 0.1) is 6.54 Å². The lowest BCUT2D eigenvalue weighted by atomic mass is 10.1. The van der Waals surface area contributed by atoms with Crippen molar-refractivity contribution in [2.45, 2.75) is 33.4 Å². The SMILES string of the molecule is Cc1ccsc1CNC(=O)NC(C)C(C)CO. The molecule has 2 atom stereocenters. The number of carbonyl (C=O) groups is 1. The first-order valence-electron chi connectivity index (χ1n) is 5.72. The number of aliphatic hydroxyl groups excluding tert-OH is 1. The lowest BCUT2D eigenvalue weighted by molar-refractivity contribution is 0.200. The van der Waals surface area contributed by atoms with Crippen LogP contribution in [0.1, 0.15) is 24.3 Å². The lowest BCUT2D eigenvalue weighted by Gasteiger charge is -2.19. The third-order valence-corrected chi connectivity index (χ3v) is 3.90. The van der Waals surface area contributed by atoms with Crippen LogP contribution >= 0.6 is 11.3 Å². The molecule has 2 unspecified atom stereocenters. The zero-order valence-electron chi connectivity index (χ0n) is 10.5. The van der Waals surface area contributed by atoms with E-state index in [0.717, 1.165) is 0 Å². The summed E-state index contributed by atoms with van der Waals surface area (Å²) in [5.41, 5.74) is 1.20. The van der Waals surface area contributed by atoms with Crippen LogP contribution in [0.15, 0.2) is 11.4 Å². The Labute approximate surface area is 106 Å². The monoisotopic (exact) mass is 256 g/mol. The van der Waals surface area contributed by atoms with E-state index in [2.05, 4.69) is 10.6 Å². The molecule has 0 fully saturated rings. The van der Waals surface area contributed by atoms with E-state index in [1.807, 2.05) is 32.2 Å². The number of aryl methyl sites for hydroxylation is 1. The molecule has 1 aromatic heterocycles. The van der Waals surface area contributed by atoms with Gasteiger partial charge in [-0.15, -0.1) is 11.3 Å². The maximum Gasteiger partial charge on any atom is 0.315 e. The van der Waals surface area contributed by atoms with Gasteiger partial charge in [-0.1, -0.05) is 6.92 Å². The van der Waals surface area contributed by atoms with Crippen LogP contribution in [0.5, 0.6) is 0 Å². The second kappa shape index (κ2) is 6.61. The standard InChI is InChI=1S/C12H20N2O2S/c1-8-4-5-17-11(8)6-13-12(16)14-10(3)9(2)7-15/h4-5,9-10,15H,6-7H2,1-3H3,(H2,13,14,16). The molecular weight excluding hydrogens is 236 g/mol. The Hall–Kier alpha value is -1.07. The van der Waals surface area contributed by atoms with Gasteiger partial charge in [-0.3, -0.25) is 0 Å². The minimum Gasteiger partial charge on any atom is -0.396 e. The first-order valence-corrected chi connectivity index (χ1v) is 6.60. The summed E-state index contributed by atoms with van der Waals surface area (Å²) >= 11 is 1.64. The van der Waals surface area contributed by atoms with Crippen LogP contribution in [0.3, 0.4) is 0 Å². The highest BCUT2D eigenvalue weighted by Crippen LogP contribution is 2.14. The van der Waals surface area contributed by atoms with Gasteiger partial charge in [-0.05, 0) is 36.8 Å². The minimum absolute atomic E-state index is 0.0376. The Morgan fingerprint density at radius 1 is 1.53 bits per heavy atom. The maximum absolute atomic E-state index is 11.6. The lowest BCUT2D eigenvalue weighted by Crippen LogP contribution is -2.43. The molecule has 0 aromatic carbocycles. The number of rotatable bonds is 5. The van der Waals surface area contributed by atoms with Gasteiger partial charge in [0.2, 0.25) is 0 Å². The number of hydrogen-bond acceptors (Lipinski definition) is 3. The number of carbonyl (C=O) groups excluding carboxylic acids is 1. The quantitative estimate of drug-likeness (QED) is 0.753. The fraction of sp³-hybridized carbons (Fsp3) is 0.583. The smallest absolute Gasteiger partial charge is 0.315 e. The van der Waals surface area contributed by atoms with E-state index in [0.29, 0.717) is 6.54 Å². The molecule has 0 spiro atoms. The average Bonchev–Trinajstić information content (AvgIpc) is 2.71. The molecule has 0 aliphatic rings. The van der Waals surface area contributed by atoms with E-state index in [1.54, 1.807) is 11.3 Å². The van der Waals surface area contributed by atoms with Crippen molar-refractivity contribution in [1.82, 2.24) is 10.6 Å². The van der Waals surface area contributed by atoms with Crippen LogP contribution in [-0.2, 0) is 6.54 Å². The zero-order chi connectivity index (χ0) is 12.8.